The lowest BCUT2D eigenvalue weighted by molar-refractivity contribution is -0.167. The van der Waals surface area contributed by atoms with Gasteiger partial charge < -0.3 is 14.2 Å². The lowest BCUT2D eigenvalue weighted by Gasteiger charge is -2.18. The highest BCUT2D eigenvalue weighted by Crippen LogP contribution is 2.15. The minimum atomic E-state index is -0.780. The Morgan fingerprint density at radius 3 is 0.937 bits per heavy atom. The van der Waals surface area contributed by atoms with Gasteiger partial charge in [0.05, 0.1) is 0 Å². The highest BCUT2D eigenvalue weighted by molar-refractivity contribution is 5.71. The topological polar surface area (TPSA) is 78.9 Å². The van der Waals surface area contributed by atoms with Crippen molar-refractivity contribution in [1.82, 2.24) is 0 Å². The van der Waals surface area contributed by atoms with Crippen molar-refractivity contribution in [3.63, 3.8) is 0 Å². The fourth-order valence-corrected chi connectivity index (χ4v) is 7.68. The van der Waals surface area contributed by atoms with Crippen molar-refractivity contribution in [3.8, 4) is 0 Å². The van der Waals surface area contributed by atoms with E-state index in [-0.39, 0.29) is 31.1 Å². The van der Waals surface area contributed by atoms with E-state index in [0.717, 1.165) is 83.5 Å². The zero-order valence-corrected chi connectivity index (χ0v) is 41.8. The normalized spacial score (nSPS) is 12.4. The maximum absolute atomic E-state index is 12.8. The summed E-state index contributed by atoms with van der Waals surface area (Å²) in [6.45, 7) is 6.60. The van der Waals surface area contributed by atoms with Gasteiger partial charge in [-0.05, 0) is 83.5 Å². The molecule has 1 atom stereocenters. The first-order valence-electron chi connectivity index (χ1n) is 27.1. The summed E-state index contributed by atoms with van der Waals surface area (Å²) in [7, 11) is 0. The average Bonchev–Trinajstić information content (AvgIpc) is 3.28. The van der Waals surface area contributed by atoms with Crippen LogP contribution in [0.15, 0.2) is 48.6 Å². The molecular formula is C57H102O6. The zero-order valence-electron chi connectivity index (χ0n) is 41.8. The van der Waals surface area contributed by atoms with E-state index in [9.17, 15) is 14.4 Å². The molecule has 0 aliphatic carbocycles. The van der Waals surface area contributed by atoms with Gasteiger partial charge in [-0.1, -0.05) is 223 Å². The molecule has 0 saturated carbocycles. The summed E-state index contributed by atoms with van der Waals surface area (Å²) in [5, 5.41) is 0. The molecule has 0 bridgehead atoms. The molecule has 0 saturated heterocycles. The summed E-state index contributed by atoms with van der Waals surface area (Å²) in [6.07, 6.45) is 62.3. The molecule has 0 aliphatic rings. The second-order valence-electron chi connectivity index (χ2n) is 18.1. The lowest BCUT2D eigenvalue weighted by Crippen LogP contribution is -2.30. The maximum atomic E-state index is 12.8. The Morgan fingerprint density at radius 2 is 0.571 bits per heavy atom. The maximum Gasteiger partial charge on any atom is 0.306 e. The molecule has 0 aromatic rings. The van der Waals surface area contributed by atoms with E-state index in [1.807, 2.05) is 0 Å². The highest BCUT2D eigenvalue weighted by Gasteiger charge is 2.19. The summed E-state index contributed by atoms with van der Waals surface area (Å²) >= 11 is 0. The molecule has 0 spiro atoms. The molecule has 0 fully saturated rings. The van der Waals surface area contributed by atoms with Gasteiger partial charge in [-0.3, -0.25) is 14.4 Å². The molecule has 0 heterocycles. The third-order valence-corrected chi connectivity index (χ3v) is 11.8. The van der Waals surface area contributed by atoms with E-state index in [0.29, 0.717) is 19.3 Å². The number of rotatable bonds is 49. The van der Waals surface area contributed by atoms with Crippen molar-refractivity contribution < 1.29 is 28.6 Å². The molecule has 63 heavy (non-hydrogen) atoms. The van der Waals surface area contributed by atoms with Gasteiger partial charge in [0.2, 0.25) is 0 Å². The molecule has 6 nitrogen and oxygen atoms in total. The number of unbranched alkanes of at least 4 members (excludes halogenated alkanes) is 30. The minimum Gasteiger partial charge on any atom is -0.462 e. The van der Waals surface area contributed by atoms with Crippen LogP contribution in [0.5, 0.6) is 0 Å². The van der Waals surface area contributed by atoms with Crippen molar-refractivity contribution >= 4 is 17.9 Å². The van der Waals surface area contributed by atoms with E-state index < -0.39 is 6.10 Å². The van der Waals surface area contributed by atoms with Crippen LogP contribution in [0.3, 0.4) is 0 Å². The van der Waals surface area contributed by atoms with Crippen LogP contribution in [0, 0.1) is 0 Å². The van der Waals surface area contributed by atoms with Gasteiger partial charge in [0.25, 0.3) is 0 Å². The lowest BCUT2D eigenvalue weighted by atomic mass is 10.1. The predicted molar refractivity (Wildman–Crippen MR) is 270 cm³/mol. The largest absolute Gasteiger partial charge is 0.462 e. The molecule has 0 aromatic heterocycles. The van der Waals surface area contributed by atoms with Crippen LogP contribution in [-0.4, -0.2) is 37.2 Å². The van der Waals surface area contributed by atoms with Crippen LogP contribution < -0.4 is 0 Å². The zero-order chi connectivity index (χ0) is 45.8. The molecule has 0 N–H and O–H groups in total. The van der Waals surface area contributed by atoms with Gasteiger partial charge in [-0.2, -0.15) is 0 Å². The molecule has 0 radical (unpaired) electrons. The SMILES string of the molecule is CCCCC/C=C\C/C=C\C/C=C\CCCCCCC(=O)OC[C@H](COC(=O)CCCCCCCCC/C=C\CCCCCCCC)OC(=O)CCCCCCCCCCCCC. The summed E-state index contributed by atoms with van der Waals surface area (Å²) in [5.41, 5.74) is 0. The number of hydrogen-bond donors (Lipinski definition) is 0. The summed E-state index contributed by atoms with van der Waals surface area (Å²) in [5.74, 6) is -0.898. The Labute approximate surface area is 390 Å². The minimum absolute atomic E-state index is 0.0804. The first-order valence-corrected chi connectivity index (χ1v) is 27.1. The van der Waals surface area contributed by atoms with Crippen molar-refractivity contribution in [2.45, 2.75) is 284 Å². The number of esters is 3. The fraction of sp³-hybridized carbons (Fsp3) is 0.807. The second kappa shape index (κ2) is 52.0. The van der Waals surface area contributed by atoms with Crippen molar-refractivity contribution in [2.24, 2.45) is 0 Å². The number of carbonyl (C=O) groups is 3. The quantitative estimate of drug-likeness (QED) is 0.0262. The van der Waals surface area contributed by atoms with Gasteiger partial charge in [-0.15, -0.1) is 0 Å². The summed E-state index contributed by atoms with van der Waals surface area (Å²) in [6, 6.07) is 0. The summed E-state index contributed by atoms with van der Waals surface area (Å²) < 4.78 is 16.8. The Kier molecular flexibility index (Phi) is 49.8. The van der Waals surface area contributed by atoms with E-state index in [1.165, 1.54) is 154 Å². The highest BCUT2D eigenvalue weighted by atomic mass is 16.6. The van der Waals surface area contributed by atoms with Gasteiger partial charge >= 0.3 is 17.9 Å². The van der Waals surface area contributed by atoms with Crippen LogP contribution in [0.2, 0.25) is 0 Å². The molecular weight excluding hydrogens is 781 g/mol. The Balaban J connectivity index is 4.36. The van der Waals surface area contributed by atoms with Gasteiger partial charge in [0.1, 0.15) is 13.2 Å². The van der Waals surface area contributed by atoms with Crippen LogP contribution in [0.4, 0.5) is 0 Å². The standard InChI is InChI=1S/C57H102O6/c1-4-7-10-13-16-19-22-24-26-28-30-32-35-37-40-43-46-49-55(58)61-52-54(63-57(60)51-48-45-42-39-34-21-18-15-12-9-6-3)53-62-56(59)50-47-44-41-38-36-33-31-29-27-25-23-20-17-14-11-8-5-2/h16,19,24-27,30,32,54H,4-15,17-18,20-23,28-29,31,33-53H2,1-3H3/b19-16-,26-24-,27-25-,32-30-/t54-/m1/s1. The molecule has 0 rings (SSSR count). The molecule has 6 heteroatoms. The molecule has 366 valence electrons. The third-order valence-electron chi connectivity index (χ3n) is 11.8. The Hall–Kier alpha value is -2.63. The number of hydrogen-bond acceptors (Lipinski definition) is 6. The second-order valence-corrected chi connectivity index (χ2v) is 18.1. The molecule has 0 amide bonds. The van der Waals surface area contributed by atoms with Crippen molar-refractivity contribution in [1.29, 1.82) is 0 Å². The van der Waals surface area contributed by atoms with Crippen LogP contribution in [0.25, 0.3) is 0 Å². The number of carbonyl (C=O) groups excluding carboxylic acids is 3. The smallest absolute Gasteiger partial charge is 0.306 e. The summed E-state index contributed by atoms with van der Waals surface area (Å²) in [4.78, 5) is 38.0. The predicted octanol–water partition coefficient (Wildman–Crippen LogP) is 17.9. The van der Waals surface area contributed by atoms with E-state index in [4.69, 9.17) is 14.2 Å². The number of ether oxygens (including phenoxy) is 3. The third kappa shape index (κ3) is 50.2. The van der Waals surface area contributed by atoms with Crippen molar-refractivity contribution in [2.75, 3.05) is 13.2 Å². The molecule has 0 aromatic carbocycles. The first kappa shape index (κ1) is 60.4. The monoisotopic (exact) mass is 883 g/mol. The van der Waals surface area contributed by atoms with E-state index in [1.54, 1.807) is 0 Å². The van der Waals surface area contributed by atoms with Gasteiger partial charge in [-0.25, -0.2) is 0 Å². The molecule has 0 unspecified atom stereocenters. The van der Waals surface area contributed by atoms with Gasteiger partial charge in [0, 0.05) is 19.3 Å². The van der Waals surface area contributed by atoms with E-state index in [2.05, 4.69) is 69.4 Å². The van der Waals surface area contributed by atoms with Gasteiger partial charge in [0.15, 0.2) is 6.10 Å². The average molecular weight is 883 g/mol. The number of allylic oxidation sites excluding steroid dienone is 8. The first-order chi connectivity index (χ1) is 31.0. The molecule has 0 aliphatic heterocycles. The van der Waals surface area contributed by atoms with E-state index >= 15 is 0 Å². The van der Waals surface area contributed by atoms with Crippen molar-refractivity contribution in [3.05, 3.63) is 48.6 Å². The Morgan fingerprint density at radius 1 is 0.317 bits per heavy atom. The van der Waals surface area contributed by atoms with Crippen LogP contribution in [0.1, 0.15) is 278 Å². The fourth-order valence-electron chi connectivity index (χ4n) is 7.68. The Bertz CT molecular complexity index is 1110. The van der Waals surface area contributed by atoms with Crippen LogP contribution in [-0.2, 0) is 28.6 Å². The van der Waals surface area contributed by atoms with Crippen LogP contribution >= 0.6 is 0 Å².